The number of esters is 1. The first-order chi connectivity index (χ1) is 16.6. The molecule has 0 saturated heterocycles. The number of nitrogens with zero attached hydrogens (tertiary/aromatic N) is 3. The number of hydrogen-bond donors (Lipinski definition) is 1. The molecule has 0 fully saturated rings. The van der Waals surface area contributed by atoms with Crippen LogP contribution in [0.25, 0.3) is 22.5 Å². The standard InChI is InChI=1S/C25H24N4O3S2/c1-3-29-22(18-13-9-6-10-14-18)27-28-25(29)34-16-20(30)26-23-21(24(31)32-4-2)19(15-33-23)17-11-7-5-8-12-17/h5-15H,3-4,16H2,1-2H3,(H,26,30). The van der Waals surface area contributed by atoms with Gasteiger partial charge in [-0.1, -0.05) is 72.4 Å². The van der Waals surface area contributed by atoms with Crippen LogP contribution in [-0.4, -0.2) is 39.0 Å². The Bertz CT molecular complexity index is 1270. The maximum Gasteiger partial charge on any atom is 0.341 e. The largest absolute Gasteiger partial charge is 0.462 e. The average Bonchev–Trinajstić information content (AvgIpc) is 3.48. The van der Waals surface area contributed by atoms with E-state index in [-0.39, 0.29) is 18.3 Å². The minimum absolute atomic E-state index is 0.133. The predicted octanol–water partition coefficient (Wildman–Crippen LogP) is 5.60. The van der Waals surface area contributed by atoms with Gasteiger partial charge in [0.2, 0.25) is 5.91 Å². The van der Waals surface area contributed by atoms with Crippen LogP contribution >= 0.6 is 23.1 Å². The van der Waals surface area contributed by atoms with Crippen molar-refractivity contribution >= 4 is 40.0 Å². The van der Waals surface area contributed by atoms with Crippen LogP contribution in [0.2, 0.25) is 0 Å². The van der Waals surface area contributed by atoms with E-state index in [1.807, 2.05) is 77.5 Å². The van der Waals surface area contributed by atoms with Crippen molar-refractivity contribution in [3.05, 3.63) is 71.6 Å². The highest BCUT2D eigenvalue weighted by Crippen LogP contribution is 2.36. The van der Waals surface area contributed by atoms with Crippen molar-refractivity contribution in [2.75, 3.05) is 17.7 Å². The summed E-state index contributed by atoms with van der Waals surface area (Å²) in [5, 5.41) is 14.5. The molecule has 0 aliphatic carbocycles. The molecule has 0 atom stereocenters. The molecule has 7 nitrogen and oxygen atoms in total. The van der Waals surface area contributed by atoms with Gasteiger partial charge in [0.05, 0.1) is 12.4 Å². The Balaban J connectivity index is 1.50. The van der Waals surface area contributed by atoms with Crippen LogP contribution in [-0.2, 0) is 16.1 Å². The van der Waals surface area contributed by atoms with E-state index in [4.69, 9.17) is 4.74 Å². The molecule has 1 N–H and O–H groups in total. The van der Waals surface area contributed by atoms with Gasteiger partial charge in [0.15, 0.2) is 11.0 Å². The third-order valence-corrected chi connectivity index (χ3v) is 6.87. The van der Waals surface area contributed by atoms with Crippen molar-refractivity contribution in [3.8, 4) is 22.5 Å². The van der Waals surface area contributed by atoms with Gasteiger partial charge < -0.3 is 14.6 Å². The zero-order chi connectivity index (χ0) is 23.9. The summed E-state index contributed by atoms with van der Waals surface area (Å²) >= 11 is 2.62. The second-order valence-electron chi connectivity index (χ2n) is 7.19. The first kappa shape index (κ1) is 23.7. The molecule has 9 heteroatoms. The Morgan fingerprint density at radius 2 is 1.68 bits per heavy atom. The van der Waals surface area contributed by atoms with Crippen LogP contribution in [0, 0.1) is 0 Å². The second kappa shape index (κ2) is 11.1. The number of rotatable bonds is 9. The number of anilines is 1. The first-order valence-electron chi connectivity index (χ1n) is 10.9. The van der Waals surface area contributed by atoms with E-state index < -0.39 is 5.97 Å². The van der Waals surface area contributed by atoms with Gasteiger partial charge in [0.1, 0.15) is 10.6 Å². The van der Waals surface area contributed by atoms with Gasteiger partial charge in [-0.15, -0.1) is 21.5 Å². The Morgan fingerprint density at radius 1 is 1.00 bits per heavy atom. The van der Waals surface area contributed by atoms with Crippen molar-refractivity contribution in [2.45, 2.75) is 25.5 Å². The molecule has 0 aliphatic heterocycles. The van der Waals surface area contributed by atoms with Gasteiger partial charge in [0, 0.05) is 23.1 Å². The molecule has 2 heterocycles. The van der Waals surface area contributed by atoms with Gasteiger partial charge in [-0.25, -0.2) is 4.79 Å². The number of nitrogens with one attached hydrogen (secondary N) is 1. The van der Waals surface area contributed by atoms with E-state index in [0.29, 0.717) is 22.3 Å². The molecule has 0 unspecified atom stereocenters. The molecule has 0 radical (unpaired) electrons. The Morgan fingerprint density at radius 3 is 2.32 bits per heavy atom. The van der Waals surface area contributed by atoms with Gasteiger partial charge >= 0.3 is 5.97 Å². The summed E-state index contributed by atoms with van der Waals surface area (Å²) < 4.78 is 7.25. The lowest BCUT2D eigenvalue weighted by molar-refractivity contribution is -0.113. The van der Waals surface area contributed by atoms with E-state index >= 15 is 0 Å². The Labute approximate surface area is 206 Å². The normalized spacial score (nSPS) is 10.8. The van der Waals surface area contributed by atoms with Crippen molar-refractivity contribution in [3.63, 3.8) is 0 Å². The van der Waals surface area contributed by atoms with Crippen molar-refractivity contribution < 1.29 is 14.3 Å². The number of benzene rings is 2. The Hall–Kier alpha value is -3.43. The third kappa shape index (κ3) is 5.21. The number of carbonyl (C=O) groups excluding carboxylic acids is 2. The number of ether oxygens (including phenoxy) is 1. The van der Waals surface area contributed by atoms with Gasteiger partial charge in [-0.3, -0.25) is 4.79 Å². The fourth-order valence-corrected chi connectivity index (χ4v) is 5.24. The number of carbonyl (C=O) groups is 2. The van der Waals surface area contributed by atoms with Gasteiger partial charge in [0.25, 0.3) is 0 Å². The zero-order valence-corrected chi connectivity index (χ0v) is 20.5. The average molecular weight is 493 g/mol. The molecular weight excluding hydrogens is 468 g/mol. The zero-order valence-electron chi connectivity index (χ0n) is 18.9. The van der Waals surface area contributed by atoms with E-state index in [1.54, 1.807) is 6.92 Å². The molecule has 0 bridgehead atoms. The smallest absolute Gasteiger partial charge is 0.341 e. The fourth-order valence-electron chi connectivity index (χ4n) is 3.46. The van der Waals surface area contributed by atoms with Crippen LogP contribution in [0.5, 0.6) is 0 Å². The summed E-state index contributed by atoms with van der Waals surface area (Å²) in [5.41, 5.74) is 2.98. The molecule has 0 aliphatic rings. The van der Waals surface area contributed by atoms with E-state index in [0.717, 1.165) is 22.5 Å². The monoisotopic (exact) mass is 492 g/mol. The van der Waals surface area contributed by atoms with Crippen LogP contribution in [0.15, 0.2) is 71.2 Å². The number of hydrogen-bond acceptors (Lipinski definition) is 7. The molecule has 0 spiro atoms. The van der Waals surface area contributed by atoms with Crippen LogP contribution in [0.1, 0.15) is 24.2 Å². The van der Waals surface area contributed by atoms with E-state index in [1.165, 1.54) is 23.1 Å². The third-order valence-electron chi connectivity index (χ3n) is 5.01. The van der Waals surface area contributed by atoms with Crippen molar-refractivity contribution in [2.24, 2.45) is 0 Å². The predicted molar refractivity (Wildman–Crippen MR) is 136 cm³/mol. The highest BCUT2D eigenvalue weighted by molar-refractivity contribution is 7.99. The summed E-state index contributed by atoms with van der Waals surface area (Å²) in [4.78, 5) is 25.5. The maximum absolute atomic E-state index is 12.8. The lowest BCUT2D eigenvalue weighted by atomic mass is 10.0. The molecule has 1 amide bonds. The molecule has 2 aromatic carbocycles. The van der Waals surface area contributed by atoms with Crippen LogP contribution < -0.4 is 5.32 Å². The topological polar surface area (TPSA) is 86.1 Å². The molecule has 0 saturated carbocycles. The van der Waals surface area contributed by atoms with Gasteiger partial charge in [-0.2, -0.15) is 0 Å². The highest BCUT2D eigenvalue weighted by Gasteiger charge is 2.23. The summed E-state index contributed by atoms with van der Waals surface area (Å²) in [6.07, 6.45) is 0. The highest BCUT2D eigenvalue weighted by atomic mass is 32.2. The minimum Gasteiger partial charge on any atom is -0.462 e. The summed E-state index contributed by atoms with van der Waals surface area (Å²) in [5.74, 6) is 0.211. The number of aromatic nitrogens is 3. The maximum atomic E-state index is 12.8. The molecule has 4 rings (SSSR count). The molecule has 174 valence electrons. The van der Waals surface area contributed by atoms with E-state index in [2.05, 4.69) is 15.5 Å². The van der Waals surface area contributed by atoms with Crippen LogP contribution in [0.3, 0.4) is 0 Å². The summed E-state index contributed by atoms with van der Waals surface area (Å²) in [6.45, 7) is 4.71. The number of amides is 1. The number of thioether (sulfide) groups is 1. The molecule has 34 heavy (non-hydrogen) atoms. The fraction of sp³-hybridized carbons (Fsp3) is 0.200. The first-order valence-corrected chi connectivity index (χ1v) is 12.7. The minimum atomic E-state index is -0.455. The van der Waals surface area contributed by atoms with Crippen molar-refractivity contribution in [1.82, 2.24) is 14.8 Å². The SMILES string of the molecule is CCOC(=O)c1c(-c2ccccc2)csc1NC(=O)CSc1nnc(-c2ccccc2)n1CC. The molecular formula is C25H24N4O3S2. The number of thiophene rings is 1. The summed E-state index contributed by atoms with van der Waals surface area (Å²) in [7, 11) is 0. The molecule has 2 aromatic heterocycles. The van der Waals surface area contributed by atoms with Crippen molar-refractivity contribution in [1.29, 1.82) is 0 Å². The second-order valence-corrected chi connectivity index (χ2v) is 9.02. The summed E-state index contributed by atoms with van der Waals surface area (Å²) in [6, 6.07) is 19.4. The van der Waals surface area contributed by atoms with E-state index in [9.17, 15) is 9.59 Å². The van der Waals surface area contributed by atoms with Gasteiger partial charge in [-0.05, 0) is 19.4 Å². The lowest BCUT2D eigenvalue weighted by Gasteiger charge is -2.09. The quantitative estimate of drug-likeness (QED) is 0.242. The lowest BCUT2D eigenvalue weighted by Crippen LogP contribution is -2.16. The Kier molecular flexibility index (Phi) is 7.76. The molecule has 4 aromatic rings. The van der Waals surface area contributed by atoms with Crippen LogP contribution in [0.4, 0.5) is 5.00 Å².